The maximum Gasteiger partial charge on any atom is 0.234 e. The quantitative estimate of drug-likeness (QED) is 0.354. The monoisotopic (exact) mass is 446 g/mol. The lowest BCUT2D eigenvalue weighted by Gasteiger charge is -2.10. The van der Waals surface area contributed by atoms with E-state index in [1.54, 1.807) is 18.2 Å². The average Bonchev–Trinajstić information content (AvgIpc) is 3.12. The number of anilines is 1. The summed E-state index contributed by atoms with van der Waals surface area (Å²) >= 11 is 13.5. The van der Waals surface area contributed by atoms with Gasteiger partial charge >= 0.3 is 0 Å². The molecule has 0 aliphatic carbocycles. The number of nitrogens with one attached hydrogen (secondary N) is 1. The van der Waals surface area contributed by atoms with Crippen LogP contribution in [0.1, 0.15) is 12.5 Å². The van der Waals surface area contributed by atoms with Crippen molar-refractivity contribution in [2.75, 3.05) is 11.1 Å². The molecule has 3 aromatic rings. The summed E-state index contributed by atoms with van der Waals surface area (Å²) in [5, 5.41) is 13.0. The molecule has 5 nitrogen and oxygen atoms in total. The molecule has 29 heavy (non-hydrogen) atoms. The predicted octanol–water partition coefficient (Wildman–Crippen LogP) is 5.73. The van der Waals surface area contributed by atoms with Gasteiger partial charge in [0.05, 0.1) is 15.8 Å². The van der Waals surface area contributed by atoms with E-state index in [4.69, 9.17) is 23.2 Å². The second-order valence-corrected chi connectivity index (χ2v) is 7.94. The van der Waals surface area contributed by atoms with Crippen molar-refractivity contribution in [2.45, 2.75) is 25.0 Å². The van der Waals surface area contributed by atoms with Gasteiger partial charge in [-0.15, -0.1) is 16.8 Å². The lowest BCUT2D eigenvalue weighted by Crippen LogP contribution is -2.15. The Bertz CT molecular complexity index is 1040. The van der Waals surface area contributed by atoms with E-state index >= 15 is 0 Å². The summed E-state index contributed by atoms with van der Waals surface area (Å²) < 4.78 is 1.89. The first kappa shape index (κ1) is 21.4. The van der Waals surface area contributed by atoms with Crippen LogP contribution in [-0.2, 0) is 17.8 Å². The predicted molar refractivity (Wildman–Crippen MR) is 121 cm³/mol. The van der Waals surface area contributed by atoms with Crippen LogP contribution in [0.4, 0.5) is 5.69 Å². The van der Waals surface area contributed by atoms with Crippen molar-refractivity contribution in [3.63, 3.8) is 0 Å². The van der Waals surface area contributed by atoms with Crippen molar-refractivity contribution in [2.24, 2.45) is 0 Å². The van der Waals surface area contributed by atoms with Crippen LogP contribution < -0.4 is 5.32 Å². The first-order chi connectivity index (χ1) is 14.0. The van der Waals surface area contributed by atoms with Crippen molar-refractivity contribution < 1.29 is 4.79 Å². The van der Waals surface area contributed by atoms with Gasteiger partial charge in [0.1, 0.15) is 0 Å². The zero-order chi connectivity index (χ0) is 20.8. The summed E-state index contributed by atoms with van der Waals surface area (Å²) in [5.74, 6) is 0.761. The molecule has 0 aliphatic rings. The third-order valence-electron chi connectivity index (χ3n) is 4.21. The van der Waals surface area contributed by atoms with Crippen molar-refractivity contribution in [3.8, 4) is 11.4 Å². The Labute approximate surface area is 184 Å². The number of thioether (sulfide) groups is 1. The van der Waals surface area contributed by atoms with Crippen LogP contribution in [0.25, 0.3) is 11.4 Å². The van der Waals surface area contributed by atoms with Gasteiger partial charge in [-0.05, 0) is 36.2 Å². The number of carbonyl (C=O) groups is 1. The molecule has 8 heteroatoms. The SMILES string of the molecule is C=CCn1c(SCC(=O)Nc2ccccc2CC)nnc1-c1ccc(Cl)c(Cl)c1. The zero-order valence-electron chi connectivity index (χ0n) is 15.9. The summed E-state index contributed by atoms with van der Waals surface area (Å²) in [5.41, 5.74) is 2.73. The third-order valence-corrected chi connectivity index (χ3v) is 5.92. The molecule has 3 rings (SSSR count). The molecule has 1 amide bonds. The molecular weight excluding hydrogens is 427 g/mol. The standard InChI is InChI=1S/C21H20Cl2N4OS/c1-3-11-27-20(15-9-10-16(22)17(23)12-15)25-26-21(27)29-13-19(28)24-18-8-6-5-7-14(18)4-2/h3,5-10,12H,1,4,11,13H2,2H3,(H,24,28). The lowest BCUT2D eigenvalue weighted by atomic mass is 10.1. The largest absolute Gasteiger partial charge is 0.325 e. The number of amides is 1. The molecule has 0 atom stereocenters. The second-order valence-electron chi connectivity index (χ2n) is 6.18. The minimum atomic E-state index is -0.0971. The van der Waals surface area contributed by atoms with Gasteiger partial charge in [0.25, 0.3) is 0 Å². The topological polar surface area (TPSA) is 59.8 Å². The minimum Gasteiger partial charge on any atom is -0.325 e. The molecule has 0 aliphatic heterocycles. The van der Waals surface area contributed by atoms with Crippen molar-refractivity contribution >= 4 is 46.6 Å². The van der Waals surface area contributed by atoms with Gasteiger partial charge in [0.15, 0.2) is 11.0 Å². The smallest absolute Gasteiger partial charge is 0.234 e. The number of benzene rings is 2. The number of nitrogens with zero attached hydrogens (tertiary/aromatic N) is 3. The molecule has 0 saturated heterocycles. The van der Waals surface area contributed by atoms with E-state index in [2.05, 4.69) is 29.0 Å². The highest BCUT2D eigenvalue weighted by molar-refractivity contribution is 7.99. The third kappa shape index (κ3) is 5.21. The second kappa shape index (κ2) is 9.96. The van der Waals surface area contributed by atoms with E-state index in [1.165, 1.54) is 11.8 Å². The fourth-order valence-corrected chi connectivity index (χ4v) is 3.85. The Morgan fingerprint density at radius 1 is 1.21 bits per heavy atom. The molecule has 1 N–H and O–H groups in total. The van der Waals surface area contributed by atoms with Crippen LogP contribution in [0.2, 0.25) is 10.0 Å². The Balaban J connectivity index is 1.75. The molecule has 0 bridgehead atoms. The number of para-hydroxylation sites is 1. The molecule has 1 aromatic heterocycles. The van der Waals surface area contributed by atoms with Gasteiger partial charge in [0.2, 0.25) is 5.91 Å². The molecule has 0 unspecified atom stereocenters. The number of carbonyl (C=O) groups excluding carboxylic acids is 1. The highest BCUT2D eigenvalue weighted by Crippen LogP contribution is 2.30. The first-order valence-electron chi connectivity index (χ1n) is 9.03. The molecule has 0 saturated carbocycles. The van der Waals surface area contributed by atoms with Crippen LogP contribution in [0.3, 0.4) is 0 Å². The number of aromatic nitrogens is 3. The summed E-state index contributed by atoms with van der Waals surface area (Å²) in [6.45, 7) is 6.36. The van der Waals surface area contributed by atoms with Crippen LogP contribution >= 0.6 is 35.0 Å². The van der Waals surface area contributed by atoms with Crippen molar-refractivity contribution in [1.82, 2.24) is 14.8 Å². The van der Waals surface area contributed by atoms with Gasteiger partial charge in [-0.3, -0.25) is 9.36 Å². The van der Waals surface area contributed by atoms with E-state index < -0.39 is 0 Å². The maximum atomic E-state index is 12.4. The van der Waals surface area contributed by atoms with E-state index in [0.717, 1.165) is 23.2 Å². The van der Waals surface area contributed by atoms with Gasteiger partial charge in [-0.25, -0.2) is 0 Å². The van der Waals surface area contributed by atoms with Crippen LogP contribution in [0.15, 0.2) is 60.3 Å². The summed E-state index contributed by atoms with van der Waals surface area (Å²) in [6, 6.07) is 13.1. The van der Waals surface area contributed by atoms with Gasteiger partial charge in [-0.2, -0.15) is 0 Å². The van der Waals surface area contributed by atoms with Gasteiger partial charge < -0.3 is 5.32 Å². The Hall–Kier alpha value is -2.28. The first-order valence-corrected chi connectivity index (χ1v) is 10.8. The number of hydrogen-bond donors (Lipinski definition) is 1. The number of rotatable bonds is 8. The molecule has 0 fully saturated rings. The fraction of sp³-hybridized carbons (Fsp3) is 0.190. The van der Waals surface area contributed by atoms with E-state index in [0.29, 0.717) is 27.6 Å². The number of hydrogen-bond acceptors (Lipinski definition) is 4. The lowest BCUT2D eigenvalue weighted by molar-refractivity contribution is -0.113. The minimum absolute atomic E-state index is 0.0971. The van der Waals surface area contributed by atoms with Crippen LogP contribution in [0, 0.1) is 0 Å². The van der Waals surface area contributed by atoms with Gasteiger partial charge in [0, 0.05) is 17.8 Å². The van der Waals surface area contributed by atoms with Crippen LogP contribution in [0.5, 0.6) is 0 Å². The van der Waals surface area contributed by atoms with Gasteiger partial charge in [-0.1, -0.05) is 66.2 Å². The number of halogens is 2. The fourth-order valence-electron chi connectivity index (χ4n) is 2.80. The summed E-state index contributed by atoms with van der Waals surface area (Å²) in [7, 11) is 0. The molecule has 150 valence electrons. The van der Waals surface area contributed by atoms with Crippen molar-refractivity contribution in [1.29, 1.82) is 0 Å². The van der Waals surface area contributed by atoms with E-state index in [-0.39, 0.29) is 11.7 Å². The van der Waals surface area contributed by atoms with E-state index in [1.807, 2.05) is 34.9 Å². The van der Waals surface area contributed by atoms with Crippen molar-refractivity contribution in [3.05, 3.63) is 70.7 Å². The Morgan fingerprint density at radius 2 is 2.00 bits per heavy atom. The highest BCUT2D eigenvalue weighted by Gasteiger charge is 2.16. The molecule has 2 aromatic carbocycles. The van der Waals surface area contributed by atoms with E-state index in [9.17, 15) is 4.79 Å². The maximum absolute atomic E-state index is 12.4. The highest BCUT2D eigenvalue weighted by atomic mass is 35.5. The van der Waals surface area contributed by atoms with Crippen LogP contribution in [-0.4, -0.2) is 26.4 Å². The Morgan fingerprint density at radius 3 is 2.72 bits per heavy atom. The zero-order valence-corrected chi connectivity index (χ0v) is 18.2. The number of aryl methyl sites for hydroxylation is 1. The number of allylic oxidation sites excluding steroid dienone is 1. The molecule has 1 heterocycles. The Kier molecular flexibility index (Phi) is 7.36. The normalized spacial score (nSPS) is 10.7. The molecule has 0 radical (unpaired) electrons. The molecule has 0 spiro atoms. The summed E-state index contributed by atoms with van der Waals surface area (Å²) in [6.07, 6.45) is 2.61. The average molecular weight is 447 g/mol. The summed E-state index contributed by atoms with van der Waals surface area (Å²) in [4.78, 5) is 12.4. The molecular formula is C21H20Cl2N4OS.